The van der Waals surface area contributed by atoms with Crippen LogP contribution in [0.5, 0.6) is 11.5 Å². The van der Waals surface area contributed by atoms with Crippen LogP contribution < -0.4 is 10.5 Å². The first-order chi connectivity index (χ1) is 9.24. The van der Waals surface area contributed by atoms with Gasteiger partial charge in [-0.2, -0.15) is 0 Å². The Labute approximate surface area is 110 Å². The first-order valence-corrected chi connectivity index (χ1v) is 5.69. The van der Waals surface area contributed by atoms with E-state index in [1.165, 1.54) is 0 Å². The zero-order valence-corrected chi connectivity index (χ0v) is 10.2. The second-order valence-corrected chi connectivity index (χ2v) is 3.88. The highest BCUT2D eigenvalue weighted by Crippen LogP contribution is 2.25. The summed E-state index contributed by atoms with van der Waals surface area (Å²) in [6, 6.07) is 14.0. The highest BCUT2D eigenvalue weighted by Gasteiger charge is 2.04. The van der Waals surface area contributed by atoms with Crippen LogP contribution in [-0.4, -0.2) is 16.1 Å². The largest absolute Gasteiger partial charge is 0.457 e. The highest BCUT2D eigenvalue weighted by atomic mass is 16.5. The summed E-state index contributed by atoms with van der Waals surface area (Å²) in [5.74, 6) is 1.25. The van der Waals surface area contributed by atoms with E-state index in [2.05, 4.69) is 5.16 Å². The van der Waals surface area contributed by atoms with E-state index in [4.69, 9.17) is 15.7 Å². The summed E-state index contributed by atoms with van der Waals surface area (Å²) in [6.07, 6.45) is 0. The van der Waals surface area contributed by atoms with E-state index < -0.39 is 0 Å². The van der Waals surface area contributed by atoms with Crippen LogP contribution in [0.25, 0.3) is 0 Å². The normalized spacial score (nSPS) is 11.3. The van der Waals surface area contributed by atoms with Gasteiger partial charge >= 0.3 is 0 Å². The van der Waals surface area contributed by atoms with E-state index in [0.717, 1.165) is 0 Å². The minimum Gasteiger partial charge on any atom is -0.457 e. The number of nitrogens with two attached hydrogens (primary N) is 1. The predicted octanol–water partition coefficient (Wildman–Crippen LogP) is 2.07. The van der Waals surface area contributed by atoms with Gasteiger partial charge in [-0.25, -0.2) is 0 Å². The van der Waals surface area contributed by atoms with Crippen LogP contribution in [0.2, 0.25) is 0 Å². The predicted molar refractivity (Wildman–Crippen MR) is 71.4 cm³/mol. The molecule has 5 heteroatoms. The third-order valence-electron chi connectivity index (χ3n) is 2.63. The van der Waals surface area contributed by atoms with Gasteiger partial charge in [0.1, 0.15) is 11.5 Å². The van der Waals surface area contributed by atoms with Crippen molar-refractivity contribution in [3.05, 3.63) is 59.7 Å². The van der Waals surface area contributed by atoms with E-state index in [-0.39, 0.29) is 12.4 Å². The molecule has 0 aromatic heterocycles. The lowest BCUT2D eigenvalue weighted by Crippen LogP contribution is -2.12. The van der Waals surface area contributed by atoms with Gasteiger partial charge in [0, 0.05) is 11.1 Å². The lowest BCUT2D eigenvalue weighted by Gasteiger charge is -2.09. The molecule has 0 aliphatic rings. The average molecular weight is 258 g/mol. The Morgan fingerprint density at radius 1 is 1.11 bits per heavy atom. The smallest absolute Gasteiger partial charge is 0.170 e. The molecule has 0 aliphatic carbocycles. The summed E-state index contributed by atoms with van der Waals surface area (Å²) in [5.41, 5.74) is 6.78. The van der Waals surface area contributed by atoms with Crippen LogP contribution in [0.4, 0.5) is 0 Å². The molecule has 0 spiro atoms. The van der Waals surface area contributed by atoms with Gasteiger partial charge in [-0.15, -0.1) is 0 Å². The molecule has 0 saturated heterocycles. The molecule has 0 radical (unpaired) electrons. The molecule has 0 unspecified atom stereocenters. The maximum absolute atomic E-state index is 9.21. The maximum atomic E-state index is 9.21. The molecule has 0 bridgehead atoms. The Morgan fingerprint density at radius 2 is 1.79 bits per heavy atom. The van der Waals surface area contributed by atoms with Gasteiger partial charge in [-0.3, -0.25) is 0 Å². The molecular formula is C14H14N2O3. The average Bonchev–Trinajstić information content (AvgIpc) is 2.48. The van der Waals surface area contributed by atoms with Gasteiger partial charge < -0.3 is 20.8 Å². The van der Waals surface area contributed by atoms with Crippen molar-refractivity contribution in [2.45, 2.75) is 6.61 Å². The van der Waals surface area contributed by atoms with Crippen LogP contribution in [-0.2, 0) is 6.61 Å². The minimum atomic E-state index is -0.0849. The topological polar surface area (TPSA) is 88.1 Å². The van der Waals surface area contributed by atoms with E-state index in [0.29, 0.717) is 22.6 Å². The summed E-state index contributed by atoms with van der Waals surface area (Å²) >= 11 is 0. The van der Waals surface area contributed by atoms with E-state index in [1.807, 2.05) is 12.1 Å². The molecule has 2 aromatic carbocycles. The Bertz CT molecular complexity index is 579. The molecule has 0 amide bonds. The summed E-state index contributed by atoms with van der Waals surface area (Å²) in [5, 5.41) is 20.7. The maximum Gasteiger partial charge on any atom is 0.170 e. The van der Waals surface area contributed by atoms with Crippen molar-refractivity contribution >= 4 is 5.84 Å². The van der Waals surface area contributed by atoms with Crippen molar-refractivity contribution in [2.75, 3.05) is 0 Å². The monoisotopic (exact) mass is 258 g/mol. The number of hydrogen-bond acceptors (Lipinski definition) is 4. The molecule has 0 fully saturated rings. The fourth-order valence-electron chi connectivity index (χ4n) is 1.61. The SMILES string of the molecule is NC(=NO)c1ccc(Oc2ccccc2CO)cc1. The molecule has 5 nitrogen and oxygen atoms in total. The molecule has 0 heterocycles. The van der Waals surface area contributed by atoms with Crippen LogP contribution in [0.1, 0.15) is 11.1 Å². The molecule has 2 rings (SSSR count). The number of rotatable bonds is 4. The van der Waals surface area contributed by atoms with Gasteiger partial charge in [0.05, 0.1) is 6.61 Å². The number of ether oxygens (including phenoxy) is 1. The van der Waals surface area contributed by atoms with Gasteiger partial charge in [0.25, 0.3) is 0 Å². The van der Waals surface area contributed by atoms with Crippen LogP contribution in [0.15, 0.2) is 53.7 Å². The quantitative estimate of drug-likeness (QED) is 0.339. The first kappa shape index (κ1) is 12.9. The summed E-state index contributed by atoms with van der Waals surface area (Å²) in [7, 11) is 0. The number of hydrogen-bond donors (Lipinski definition) is 3. The zero-order chi connectivity index (χ0) is 13.7. The highest BCUT2D eigenvalue weighted by molar-refractivity contribution is 5.97. The standard InChI is InChI=1S/C14H14N2O3/c15-14(16-18)10-5-7-12(8-6-10)19-13-4-2-1-3-11(13)9-17/h1-8,17-18H,9H2,(H2,15,16). The molecule has 19 heavy (non-hydrogen) atoms. The van der Waals surface area contributed by atoms with Crippen molar-refractivity contribution in [1.82, 2.24) is 0 Å². The number of amidine groups is 1. The van der Waals surface area contributed by atoms with Crippen LogP contribution in [0.3, 0.4) is 0 Å². The van der Waals surface area contributed by atoms with Crippen molar-refractivity contribution in [2.24, 2.45) is 10.9 Å². The van der Waals surface area contributed by atoms with Gasteiger partial charge in [-0.1, -0.05) is 23.4 Å². The molecule has 2 aromatic rings. The Hall–Kier alpha value is -2.53. The van der Waals surface area contributed by atoms with E-state index in [9.17, 15) is 5.11 Å². The molecule has 98 valence electrons. The zero-order valence-electron chi connectivity index (χ0n) is 10.2. The molecular weight excluding hydrogens is 244 g/mol. The number of oxime groups is 1. The summed E-state index contributed by atoms with van der Waals surface area (Å²) in [4.78, 5) is 0. The number of aliphatic hydroxyl groups excluding tert-OH is 1. The third-order valence-corrected chi connectivity index (χ3v) is 2.63. The Kier molecular flexibility index (Phi) is 4.00. The lowest BCUT2D eigenvalue weighted by atomic mass is 10.2. The van der Waals surface area contributed by atoms with Crippen LogP contribution in [0, 0.1) is 0 Å². The van der Waals surface area contributed by atoms with E-state index in [1.54, 1.807) is 36.4 Å². The Morgan fingerprint density at radius 3 is 2.42 bits per heavy atom. The van der Waals surface area contributed by atoms with Crippen molar-refractivity contribution in [3.8, 4) is 11.5 Å². The molecule has 0 atom stereocenters. The van der Waals surface area contributed by atoms with Gasteiger partial charge in [-0.05, 0) is 30.3 Å². The van der Waals surface area contributed by atoms with Crippen molar-refractivity contribution in [3.63, 3.8) is 0 Å². The second-order valence-electron chi connectivity index (χ2n) is 3.88. The van der Waals surface area contributed by atoms with Crippen molar-refractivity contribution < 1.29 is 15.1 Å². The number of para-hydroxylation sites is 1. The summed E-state index contributed by atoms with van der Waals surface area (Å²) in [6.45, 7) is -0.0849. The van der Waals surface area contributed by atoms with E-state index >= 15 is 0 Å². The second kappa shape index (κ2) is 5.88. The number of benzene rings is 2. The molecule has 0 aliphatic heterocycles. The molecule has 4 N–H and O–H groups in total. The number of aliphatic hydroxyl groups is 1. The van der Waals surface area contributed by atoms with Gasteiger partial charge in [0.2, 0.25) is 0 Å². The van der Waals surface area contributed by atoms with Crippen molar-refractivity contribution in [1.29, 1.82) is 0 Å². The molecule has 0 saturated carbocycles. The third kappa shape index (κ3) is 3.02. The lowest BCUT2D eigenvalue weighted by molar-refractivity contribution is 0.276. The fourth-order valence-corrected chi connectivity index (χ4v) is 1.61. The fraction of sp³-hybridized carbons (Fsp3) is 0.0714. The summed E-state index contributed by atoms with van der Waals surface area (Å²) < 4.78 is 5.67. The Balaban J connectivity index is 2.20. The minimum absolute atomic E-state index is 0.0438. The first-order valence-electron chi connectivity index (χ1n) is 5.69. The van der Waals surface area contributed by atoms with Crippen LogP contribution >= 0.6 is 0 Å². The van der Waals surface area contributed by atoms with Gasteiger partial charge in [0.15, 0.2) is 5.84 Å². The number of nitrogens with zero attached hydrogens (tertiary/aromatic N) is 1.